The smallest absolute Gasteiger partial charge is 0.337 e. The number of imidazole rings is 1. The fourth-order valence-corrected chi connectivity index (χ4v) is 2.77. The highest BCUT2D eigenvalue weighted by molar-refractivity contribution is 7.07. The molecule has 0 saturated heterocycles. The summed E-state index contributed by atoms with van der Waals surface area (Å²) in [5.41, 5.74) is 2.18. The molecule has 0 aliphatic carbocycles. The van der Waals surface area contributed by atoms with Crippen molar-refractivity contribution < 1.29 is 9.90 Å². The van der Waals surface area contributed by atoms with Crippen LogP contribution in [0, 0.1) is 6.92 Å². The Hall–Kier alpha value is -2.41. The lowest BCUT2D eigenvalue weighted by Gasteiger charge is -2.04. The molecule has 0 spiro atoms. The predicted octanol–water partition coefficient (Wildman–Crippen LogP) is 1.84. The number of nitrogens with one attached hydrogen (secondary N) is 1. The summed E-state index contributed by atoms with van der Waals surface area (Å²) in [5, 5.41) is 10.9. The summed E-state index contributed by atoms with van der Waals surface area (Å²) in [6.07, 6.45) is 0. The molecule has 3 rings (SSSR count). The van der Waals surface area contributed by atoms with Gasteiger partial charge in [-0.05, 0) is 19.1 Å². The first-order chi connectivity index (χ1) is 9.56. The lowest BCUT2D eigenvalue weighted by molar-refractivity contribution is 0.0699. The number of aryl methyl sites for hydroxylation is 1. The number of aromatic amines is 1. The Bertz CT molecular complexity index is 859. The van der Waals surface area contributed by atoms with Crippen LogP contribution in [-0.4, -0.2) is 25.6 Å². The van der Waals surface area contributed by atoms with Gasteiger partial charge in [-0.25, -0.2) is 9.78 Å². The average molecular weight is 289 g/mol. The first-order valence-corrected chi connectivity index (χ1v) is 6.80. The van der Waals surface area contributed by atoms with Crippen LogP contribution in [0.5, 0.6) is 0 Å². The van der Waals surface area contributed by atoms with Crippen LogP contribution in [0.25, 0.3) is 11.0 Å². The van der Waals surface area contributed by atoms with E-state index >= 15 is 0 Å². The van der Waals surface area contributed by atoms with E-state index in [9.17, 15) is 14.7 Å². The highest BCUT2D eigenvalue weighted by Gasteiger charge is 2.15. The van der Waals surface area contributed by atoms with Gasteiger partial charge >= 0.3 is 10.8 Å². The third kappa shape index (κ3) is 2.01. The van der Waals surface area contributed by atoms with E-state index in [-0.39, 0.29) is 10.4 Å². The minimum absolute atomic E-state index is 0.103. The number of aromatic carboxylic acids is 1. The van der Waals surface area contributed by atoms with Gasteiger partial charge in [0.1, 0.15) is 11.3 Å². The molecular formula is C13H11N3O3S. The molecule has 0 amide bonds. The quantitative estimate of drug-likeness (QED) is 0.770. The summed E-state index contributed by atoms with van der Waals surface area (Å²) in [6, 6.07) is 5.06. The molecule has 0 unspecified atom stereocenters. The molecule has 0 aliphatic rings. The molecule has 0 bridgehead atoms. The number of benzene rings is 1. The first-order valence-electron chi connectivity index (χ1n) is 5.92. The lowest BCUT2D eigenvalue weighted by Crippen LogP contribution is -2.04. The van der Waals surface area contributed by atoms with E-state index in [0.717, 1.165) is 22.5 Å². The zero-order valence-electron chi connectivity index (χ0n) is 10.6. The second-order valence-corrected chi connectivity index (χ2v) is 5.24. The minimum Gasteiger partial charge on any atom is -0.478 e. The number of H-pyrrole nitrogens is 1. The Kier molecular flexibility index (Phi) is 2.90. The summed E-state index contributed by atoms with van der Waals surface area (Å²) < 4.78 is 1.89. The lowest BCUT2D eigenvalue weighted by atomic mass is 10.2. The van der Waals surface area contributed by atoms with Crippen molar-refractivity contribution in [1.29, 1.82) is 0 Å². The third-order valence-corrected chi connectivity index (χ3v) is 3.82. The molecule has 0 saturated carbocycles. The van der Waals surface area contributed by atoms with Crippen molar-refractivity contribution in [2.24, 2.45) is 0 Å². The fraction of sp³-hybridized carbons (Fsp3) is 0.154. The highest BCUT2D eigenvalue weighted by Crippen LogP contribution is 2.21. The van der Waals surface area contributed by atoms with E-state index in [0.29, 0.717) is 17.9 Å². The van der Waals surface area contributed by atoms with E-state index in [4.69, 9.17) is 0 Å². The molecule has 0 radical (unpaired) electrons. The summed E-state index contributed by atoms with van der Waals surface area (Å²) >= 11 is 1.11. The van der Waals surface area contributed by atoms with Gasteiger partial charge in [0.15, 0.2) is 0 Å². The number of para-hydroxylation sites is 1. The summed E-state index contributed by atoms with van der Waals surface area (Å²) in [5.74, 6) is -0.287. The number of nitrogens with zero attached hydrogens (tertiary/aromatic N) is 2. The van der Waals surface area contributed by atoms with Crippen LogP contribution in [0.4, 0.5) is 0 Å². The van der Waals surface area contributed by atoms with Crippen molar-refractivity contribution >= 4 is 28.3 Å². The summed E-state index contributed by atoms with van der Waals surface area (Å²) in [7, 11) is 0. The van der Waals surface area contributed by atoms with Gasteiger partial charge in [-0.3, -0.25) is 4.79 Å². The molecule has 0 fully saturated rings. The monoisotopic (exact) mass is 289 g/mol. The SMILES string of the molecule is Cc1nc2c(C(=O)O)cccc2n1Cc1csc(=O)[nH]1. The summed E-state index contributed by atoms with van der Waals surface area (Å²) in [4.78, 5) is 29.3. The van der Waals surface area contributed by atoms with Crippen LogP contribution in [0.2, 0.25) is 0 Å². The molecule has 6 nitrogen and oxygen atoms in total. The van der Waals surface area contributed by atoms with Crippen LogP contribution >= 0.6 is 11.3 Å². The van der Waals surface area contributed by atoms with Crippen LogP contribution < -0.4 is 4.87 Å². The predicted molar refractivity (Wildman–Crippen MR) is 75.5 cm³/mol. The Labute approximate surface area is 117 Å². The third-order valence-electron chi connectivity index (χ3n) is 3.10. The Balaban J connectivity index is 2.16. The number of aromatic nitrogens is 3. The number of hydrogen-bond acceptors (Lipinski definition) is 4. The Morgan fingerprint density at radius 3 is 2.95 bits per heavy atom. The molecule has 2 N–H and O–H groups in total. The molecule has 1 aromatic carbocycles. The van der Waals surface area contributed by atoms with Gasteiger partial charge in [-0.1, -0.05) is 17.4 Å². The van der Waals surface area contributed by atoms with Crippen molar-refractivity contribution in [3.8, 4) is 0 Å². The molecule has 3 aromatic rings. The van der Waals surface area contributed by atoms with Crippen LogP contribution in [0.3, 0.4) is 0 Å². The topological polar surface area (TPSA) is 88.0 Å². The Morgan fingerprint density at radius 1 is 1.50 bits per heavy atom. The van der Waals surface area contributed by atoms with Crippen LogP contribution in [0.1, 0.15) is 21.9 Å². The average Bonchev–Trinajstić information content (AvgIpc) is 2.94. The largest absolute Gasteiger partial charge is 0.478 e. The highest BCUT2D eigenvalue weighted by atomic mass is 32.1. The first kappa shape index (κ1) is 12.6. The second-order valence-electron chi connectivity index (χ2n) is 4.40. The van der Waals surface area contributed by atoms with Crippen molar-refractivity contribution in [3.05, 3.63) is 50.3 Å². The molecule has 2 aromatic heterocycles. The van der Waals surface area contributed by atoms with E-state index in [1.807, 2.05) is 17.6 Å². The molecular weight excluding hydrogens is 278 g/mol. The maximum atomic E-state index is 11.2. The fourth-order valence-electron chi connectivity index (χ4n) is 2.20. The van der Waals surface area contributed by atoms with E-state index in [2.05, 4.69) is 9.97 Å². The van der Waals surface area contributed by atoms with Gasteiger partial charge in [-0.15, -0.1) is 0 Å². The van der Waals surface area contributed by atoms with E-state index in [1.165, 1.54) is 6.07 Å². The van der Waals surface area contributed by atoms with Crippen molar-refractivity contribution in [3.63, 3.8) is 0 Å². The van der Waals surface area contributed by atoms with Gasteiger partial charge in [0, 0.05) is 11.1 Å². The molecule has 2 heterocycles. The number of rotatable bonds is 3. The van der Waals surface area contributed by atoms with Gasteiger partial charge in [0.05, 0.1) is 17.6 Å². The van der Waals surface area contributed by atoms with E-state index < -0.39 is 5.97 Å². The molecule has 0 aliphatic heterocycles. The molecule has 20 heavy (non-hydrogen) atoms. The van der Waals surface area contributed by atoms with Gasteiger partial charge < -0.3 is 14.7 Å². The van der Waals surface area contributed by atoms with E-state index in [1.54, 1.807) is 11.4 Å². The Morgan fingerprint density at radius 2 is 2.30 bits per heavy atom. The van der Waals surface area contributed by atoms with Gasteiger partial charge in [0.25, 0.3) is 0 Å². The number of carbonyl (C=O) groups is 1. The van der Waals surface area contributed by atoms with Gasteiger partial charge in [-0.2, -0.15) is 0 Å². The van der Waals surface area contributed by atoms with Crippen LogP contribution in [-0.2, 0) is 6.54 Å². The van der Waals surface area contributed by atoms with Crippen molar-refractivity contribution in [2.75, 3.05) is 0 Å². The summed E-state index contributed by atoms with van der Waals surface area (Å²) in [6.45, 7) is 2.28. The molecule has 7 heteroatoms. The van der Waals surface area contributed by atoms with Crippen LogP contribution in [0.15, 0.2) is 28.4 Å². The van der Waals surface area contributed by atoms with Crippen molar-refractivity contribution in [2.45, 2.75) is 13.5 Å². The number of fused-ring (bicyclic) bond motifs is 1. The number of hydrogen-bond donors (Lipinski definition) is 2. The van der Waals surface area contributed by atoms with Gasteiger partial charge in [0.2, 0.25) is 0 Å². The number of carboxylic acid groups (broad SMARTS) is 1. The normalized spacial score (nSPS) is 11.1. The van der Waals surface area contributed by atoms with Crippen molar-refractivity contribution in [1.82, 2.24) is 14.5 Å². The standard InChI is InChI=1S/C13H11N3O3S/c1-7-14-11-9(12(17)18)3-2-4-10(11)16(7)5-8-6-20-13(19)15-8/h2-4,6H,5H2,1H3,(H,15,19)(H,17,18). The number of carboxylic acids is 1. The molecule has 102 valence electrons. The minimum atomic E-state index is -0.996. The molecule has 0 atom stereocenters. The number of thiazole rings is 1. The zero-order valence-corrected chi connectivity index (χ0v) is 11.4. The maximum Gasteiger partial charge on any atom is 0.337 e. The zero-order chi connectivity index (χ0) is 14.3. The maximum absolute atomic E-state index is 11.2. The second kappa shape index (κ2) is 4.61.